The Morgan fingerprint density at radius 3 is 2.65 bits per heavy atom. The molecular weight excluding hydrogens is 332 g/mol. The zero-order chi connectivity index (χ0) is 18.1. The van der Waals surface area contributed by atoms with Crippen molar-refractivity contribution in [1.29, 1.82) is 0 Å². The SMILES string of the molecule is O=C1Nc2ccccc2C(=O)N2CCN(C(=O)NC3CCCCC3)CC12. The van der Waals surface area contributed by atoms with E-state index in [2.05, 4.69) is 10.6 Å². The summed E-state index contributed by atoms with van der Waals surface area (Å²) < 4.78 is 0. The third-order valence-corrected chi connectivity index (χ3v) is 5.58. The summed E-state index contributed by atoms with van der Waals surface area (Å²) in [5.41, 5.74) is 1.04. The number of piperazine rings is 1. The molecule has 1 aromatic carbocycles. The number of fused-ring (bicyclic) bond motifs is 2. The first kappa shape index (κ1) is 16.9. The van der Waals surface area contributed by atoms with E-state index in [4.69, 9.17) is 0 Å². The van der Waals surface area contributed by atoms with E-state index in [1.807, 2.05) is 0 Å². The van der Waals surface area contributed by atoms with Crippen LogP contribution >= 0.6 is 0 Å². The molecule has 2 N–H and O–H groups in total. The second kappa shape index (κ2) is 6.97. The topological polar surface area (TPSA) is 81.8 Å². The Labute approximate surface area is 152 Å². The summed E-state index contributed by atoms with van der Waals surface area (Å²) in [4.78, 5) is 41.3. The maximum absolute atomic E-state index is 12.8. The highest BCUT2D eigenvalue weighted by Gasteiger charge is 2.40. The van der Waals surface area contributed by atoms with E-state index >= 15 is 0 Å². The van der Waals surface area contributed by atoms with Crippen molar-refractivity contribution in [3.05, 3.63) is 29.8 Å². The molecule has 7 nitrogen and oxygen atoms in total. The second-order valence-corrected chi connectivity index (χ2v) is 7.28. The number of para-hydroxylation sites is 1. The van der Waals surface area contributed by atoms with Crippen LogP contribution in [0.5, 0.6) is 0 Å². The number of nitrogens with one attached hydrogen (secondary N) is 2. The number of hydrogen-bond acceptors (Lipinski definition) is 3. The quantitative estimate of drug-likeness (QED) is 0.805. The number of nitrogens with zero attached hydrogens (tertiary/aromatic N) is 2. The molecule has 138 valence electrons. The van der Waals surface area contributed by atoms with Crippen LogP contribution in [0.2, 0.25) is 0 Å². The van der Waals surface area contributed by atoms with Crippen molar-refractivity contribution in [1.82, 2.24) is 15.1 Å². The fourth-order valence-electron chi connectivity index (χ4n) is 4.10. The van der Waals surface area contributed by atoms with E-state index in [0.717, 1.165) is 25.7 Å². The van der Waals surface area contributed by atoms with Gasteiger partial charge < -0.3 is 20.4 Å². The monoisotopic (exact) mass is 356 g/mol. The number of rotatable bonds is 1. The molecule has 7 heteroatoms. The molecule has 1 aliphatic carbocycles. The molecule has 2 fully saturated rings. The largest absolute Gasteiger partial charge is 0.335 e. The Hall–Kier alpha value is -2.57. The molecule has 1 saturated carbocycles. The summed E-state index contributed by atoms with van der Waals surface area (Å²) in [6, 6.07) is 6.49. The highest BCUT2D eigenvalue weighted by molar-refractivity contribution is 6.10. The van der Waals surface area contributed by atoms with Crippen LogP contribution in [0.3, 0.4) is 0 Å². The number of carbonyl (C=O) groups excluding carboxylic acids is 3. The van der Waals surface area contributed by atoms with Crippen LogP contribution in [-0.2, 0) is 4.79 Å². The van der Waals surface area contributed by atoms with Gasteiger partial charge >= 0.3 is 6.03 Å². The van der Waals surface area contributed by atoms with Crippen LogP contribution < -0.4 is 10.6 Å². The summed E-state index contributed by atoms with van der Waals surface area (Å²) in [6.45, 7) is 1.03. The average Bonchev–Trinajstić information content (AvgIpc) is 2.77. The maximum atomic E-state index is 12.8. The Kier molecular flexibility index (Phi) is 4.53. The number of hydrogen-bond donors (Lipinski definition) is 2. The lowest BCUT2D eigenvalue weighted by Gasteiger charge is -2.40. The molecule has 2 heterocycles. The van der Waals surface area contributed by atoms with Gasteiger partial charge in [0.25, 0.3) is 5.91 Å². The van der Waals surface area contributed by atoms with Gasteiger partial charge in [0.1, 0.15) is 6.04 Å². The van der Waals surface area contributed by atoms with Gasteiger partial charge in [0.2, 0.25) is 5.91 Å². The number of benzene rings is 1. The predicted octanol–water partition coefficient (Wildman–Crippen LogP) is 1.81. The van der Waals surface area contributed by atoms with Crippen LogP contribution in [0.1, 0.15) is 42.5 Å². The van der Waals surface area contributed by atoms with Crippen molar-refractivity contribution >= 4 is 23.5 Å². The Morgan fingerprint density at radius 1 is 1.08 bits per heavy atom. The maximum Gasteiger partial charge on any atom is 0.317 e. The minimum atomic E-state index is -0.652. The first-order chi connectivity index (χ1) is 12.6. The summed E-state index contributed by atoms with van der Waals surface area (Å²) in [5, 5.41) is 5.93. The standard InChI is InChI=1S/C19H24N4O3/c24-17-16-12-22(19(26)20-13-6-2-1-3-7-13)10-11-23(16)18(25)14-8-4-5-9-15(14)21-17/h4-5,8-9,13,16H,1-3,6-7,10-12H2,(H,20,26)(H,21,24). The highest BCUT2D eigenvalue weighted by atomic mass is 16.2. The second-order valence-electron chi connectivity index (χ2n) is 7.28. The summed E-state index contributed by atoms with van der Waals surface area (Å²) in [7, 11) is 0. The van der Waals surface area contributed by atoms with Crippen molar-refractivity contribution in [3.63, 3.8) is 0 Å². The molecule has 0 aromatic heterocycles. The van der Waals surface area contributed by atoms with Gasteiger partial charge in [-0.1, -0.05) is 31.4 Å². The van der Waals surface area contributed by atoms with Gasteiger partial charge in [0, 0.05) is 19.1 Å². The number of carbonyl (C=O) groups is 3. The zero-order valence-electron chi connectivity index (χ0n) is 14.7. The fraction of sp³-hybridized carbons (Fsp3) is 0.526. The van der Waals surface area contributed by atoms with Crippen molar-refractivity contribution in [2.75, 3.05) is 25.0 Å². The molecule has 26 heavy (non-hydrogen) atoms. The Balaban J connectivity index is 1.47. The third-order valence-electron chi connectivity index (χ3n) is 5.58. The minimum absolute atomic E-state index is 0.126. The fourth-order valence-corrected chi connectivity index (χ4v) is 4.10. The van der Waals surface area contributed by atoms with Crippen molar-refractivity contribution < 1.29 is 14.4 Å². The van der Waals surface area contributed by atoms with Gasteiger partial charge in [0.15, 0.2) is 0 Å². The summed E-state index contributed by atoms with van der Waals surface area (Å²) >= 11 is 0. The minimum Gasteiger partial charge on any atom is -0.335 e. The molecule has 0 bridgehead atoms. The predicted molar refractivity (Wildman–Crippen MR) is 96.9 cm³/mol. The van der Waals surface area contributed by atoms with E-state index < -0.39 is 6.04 Å². The molecule has 4 rings (SSSR count). The van der Waals surface area contributed by atoms with Crippen LogP contribution in [-0.4, -0.2) is 59.4 Å². The third kappa shape index (κ3) is 3.13. The number of urea groups is 1. The molecular formula is C19H24N4O3. The van der Waals surface area contributed by atoms with Crippen molar-refractivity contribution in [3.8, 4) is 0 Å². The lowest BCUT2D eigenvalue weighted by Crippen LogP contribution is -2.61. The first-order valence-electron chi connectivity index (χ1n) is 9.40. The Bertz CT molecular complexity index is 729. The molecule has 1 aromatic rings. The van der Waals surface area contributed by atoms with Gasteiger partial charge in [-0.2, -0.15) is 0 Å². The summed E-state index contributed by atoms with van der Waals surface area (Å²) in [6.07, 6.45) is 5.57. The molecule has 3 aliphatic rings. The van der Waals surface area contributed by atoms with E-state index in [1.165, 1.54) is 6.42 Å². The zero-order valence-corrected chi connectivity index (χ0v) is 14.7. The molecule has 1 saturated heterocycles. The molecule has 1 unspecified atom stereocenters. The highest BCUT2D eigenvalue weighted by Crippen LogP contribution is 2.25. The first-order valence-corrected chi connectivity index (χ1v) is 9.40. The van der Waals surface area contributed by atoms with Crippen molar-refractivity contribution in [2.45, 2.75) is 44.2 Å². The number of amides is 4. The van der Waals surface area contributed by atoms with E-state index in [-0.39, 0.29) is 30.4 Å². The van der Waals surface area contributed by atoms with Crippen LogP contribution in [0.4, 0.5) is 10.5 Å². The molecule has 4 amide bonds. The van der Waals surface area contributed by atoms with Gasteiger partial charge in [-0.15, -0.1) is 0 Å². The van der Waals surface area contributed by atoms with Crippen LogP contribution in [0.25, 0.3) is 0 Å². The summed E-state index contributed by atoms with van der Waals surface area (Å²) in [5.74, 6) is -0.394. The molecule has 2 aliphatic heterocycles. The van der Waals surface area contributed by atoms with Gasteiger partial charge in [-0.25, -0.2) is 4.79 Å². The van der Waals surface area contributed by atoms with Gasteiger partial charge in [-0.05, 0) is 25.0 Å². The lowest BCUT2D eigenvalue weighted by atomic mass is 9.96. The molecule has 1 atom stereocenters. The Morgan fingerprint density at radius 2 is 1.85 bits per heavy atom. The number of anilines is 1. The molecule has 0 spiro atoms. The normalized spacial score (nSPS) is 23.6. The van der Waals surface area contributed by atoms with Crippen LogP contribution in [0.15, 0.2) is 24.3 Å². The smallest absolute Gasteiger partial charge is 0.317 e. The van der Waals surface area contributed by atoms with E-state index in [9.17, 15) is 14.4 Å². The van der Waals surface area contributed by atoms with E-state index in [0.29, 0.717) is 24.3 Å². The van der Waals surface area contributed by atoms with Crippen LogP contribution in [0, 0.1) is 0 Å². The lowest BCUT2D eigenvalue weighted by molar-refractivity contribution is -0.121. The van der Waals surface area contributed by atoms with Gasteiger partial charge in [0.05, 0.1) is 17.8 Å². The van der Waals surface area contributed by atoms with Gasteiger partial charge in [-0.3, -0.25) is 9.59 Å². The van der Waals surface area contributed by atoms with Crippen molar-refractivity contribution in [2.24, 2.45) is 0 Å². The molecule has 0 radical (unpaired) electrons. The van der Waals surface area contributed by atoms with E-state index in [1.54, 1.807) is 34.1 Å². The average molecular weight is 356 g/mol.